The molecule has 20 nitrogen and oxygen atoms in total. The molecular formula is C38H56N6O14P4S4. The molecule has 0 aliphatic carbocycles. The second kappa shape index (κ2) is 40.9. The fraction of sp³-hybridized carbons (Fsp3) is 0.632. The smallest absolute Gasteiger partial charge is 0.253 e. The maximum atomic E-state index is 11.7. The number of imide groups is 2. The highest BCUT2D eigenvalue weighted by atomic mass is 32.7. The van der Waals surface area contributed by atoms with Crippen LogP contribution in [-0.2, 0) is 114 Å². The van der Waals surface area contributed by atoms with E-state index in [0.717, 1.165) is 43.2 Å². The van der Waals surface area contributed by atoms with E-state index in [2.05, 4.69) is 56.7 Å². The molecule has 0 aromatic rings. The van der Waals surface area contributed by atoms with E-state index >= 15 is 0 Å². The fourth-order valence-corrected chi connectivity index (χ4v) is 6.66. The van der Waals surface area contributed by atoms with E-state index < -0.39 is 23.6 Å². The number of unbranched alkanes of at least 4 members (excludes halogenated alkanes) is 1. The van der Waals surface area contributed by atoms with Gasteiger partial charge in [0.15, 0.2) is 11.0 Å². The second-order valence-corrected chi connectivity index (χ2v) is 20.2. The van der Waals surface area contributed by atoms with Gasteiger partial charge in [0.1, 0.15) is 13.2 Å². The highest BCUT2D eigenvalue weighted by Gasteiger charge is 2.24. The van der Waals surface area contributed by atoms with Crippen molar-refractivity contribution >= 4 is 134 Å². The Balaban J connectivity index is 0.00000118. The number of amides is 8. The summed E-state index contributed by atoms with van der Waals surface area (Å²) in [5.74, 6) is -2.93. The largest absolute Gasteiger partial charge is 0.377 e. The Labute approximate surface area is 410 Å². The van der Waals surface area contributed by atoms with E-state index in [1.807, 2.05) is 6.92 Å². The van der Waals surface area contributed by atoms with Crippen molar-refractivity contribution in [3.8, 4) is 0 Å². The molecule has 0 aromatic carbocycles. The van der Waals surface area contributed by atoms with Gasteiger partial charge in [-0.3, -0.25) is 57.7 Å². The van der Waals surface area contributed by atoms with Gasteiger partial charge in [-0.1, -0.05) is 20.3 Å². The van der Waals surface area contributed by atoms with Gasteiger partial charge in [-0.25, -0.2) is 0 Å². The molecule has 0 spiro atoms. The Hall–Kier alpha value is -3.10. The van der Waals surface area contributed by atoms with Crippen molar-refractivity contribution in [2.75, 3.05) is 92.1 Å². The van der Waals surface area contributed by atoms with Gasteiger partial charge in [0.05, 0.1) is 54.4 Å². The van der Waals surface area contributed by atoms with Crippen LogP contribution in [0, 0.1) is 11.8 Å². The standard InChI is InChI=1S/C20H30N3O7PS.C18H26N3O7PS.P2S2/c1-15(20(28)31-32)4-2-3-8-21-17(25)14-30-13-12-29-11-9-22-16(24)7-10-23-18(26)5-6-19(23)27;1-13(18(26)29-30)4-6-19-15(23)12-28-11-10-27-9-7-20-14(22)5-8-21-16(24)2-3-17(21)25;3-1-2-4/h5-6,15H,2-4,7-14H2,1H3,(H,21,25)(H,22,24);2-3,13H,4-12H2,1H3,(H,19,23)(H,20,22);. The Bertz CT molecular complexity index is 1710. The molecule has 2 atom stereocenters. The Morgan fingerprint density at radius 1 is 0.500 bits per heavy atom. The topological polar surface area (TPSA) is 262 Å². The second-order valence-electron chi connectivity index (χ2n) is 13.7. The van der Waals surface area contributed by atoms with Crippen molar-refractivity contribution in [1.29, 1.82) is 0 Å². The molecule has 0 bridgehead atoms. The van der Waals surface area contributed by atoms with Crippen LogP contribution in [0.25, 0.3) is 0 Å². The molecule has 2 aliphatic heterocycles. The summed E-state index contributed by atoms with van der Waals surface area (Å²) in [6.45, 7) is 6.56. The quantitative estimate of drug-likeness (QED) is 0.0399. The summed E-state index contributed by atoms with van der Waals surface area (Å²) in [6, 6.07) is 0. The minimum atomic E-state index is -0.415. The number of nitrogens with zero attached hydrogens (tertiary/aromatic N) is 2. The number of hydrogen-bond donors (Lipinski definition) is 4. The summed E-state index contributed by atoms with van der Waals surface area (Å²) < 4.78 is 21.0. The molecule has 2 aliphatic rings. The number of carbonyl (C=O) groups is 10. The number of rotatable bonds is 35. The van der Waals surface area contributed by atoms with Gasteiger partial charge < -0.3 is 40.2 Å². The lowest BCUT2D eigenvalue weighted by Gasteiger charge is -2.13. The molecule has 28 heteroatoms. The third kappa shape index (κ3) is 32.6. The van der Waals surface area contributed by atoms with Crippen LogP contribution in [0.15, 0.2) is 24.3 Å². The molecule has 0 radical (unpaired) electrons. The molecule has 2 unspecified atom stereocenters. The zero-order valence-electron chi connectivity index (χ0n) is 36.6. The van der Waals surface area contributed by atoms with Crippen molar-refractivity contribution in [3.63, 3.8) is 0 Å². The Morgan fingerprint density at radius 3 is 1.26 bits per heavy atom. The van der Waals surface area contributed by atoms with Crippen LogP contribution in [0.5, 0.6) is 0 Å². The molecule has 0 saturated carbocycles. The van der Waals surface area contributed by atoms with Gasteiger partial charge in [-0.05, 0) is 66.5 Å². The summed E-state index contributed by atoms with van der Waals surface area (Å²) in [4.78, 5) is 117. The van der Waals surface area contributed by atoms with Crippen molar-refractivity contribution in [2.45, 2.75) is 52.4 Å². The predicted molar refractivity (Wildman–Crippen MR) is 260 cm³/mol. The molecule has 366 valence electrons. The van der Waals surface area contributed by atoms with Crippen LogP contribution in [0.1, 0.15) is 52.4 Å². The summed E-state index contributed by atoms with van der Waals surface area (Å²) in [7, 11) is 2.43. The lowest BCUT2D eigenvalue weighted by molar-refractivity contribution is -0.139. The van der Waals surface area contributed by atoms with Gasteiger partial charge in [0, 0.05) is 102 Å². The summed E-state index contributed by atoms with van der Waals surface area (Å²) >= 11 is 18.2. The lowest BCUT2D eigenvalue weighted by Crippen LogP contribution is -2.35. The fourth-order valence-electron chi connectivity index (χ4n) is 4.96. The molecule has 0 saturated heterocycles. The van der Waals surface area contributed by atoms with E-state index in [9.17, 15) is 47.9 Å². The zero-order valence-corrected chi connectivity index (χ0v) is 43.5. The maximum Gasteiger partial charge on any atom is 0.253 e. The van der Waals surface area contributed by atoms with Crippen LogP contribution in [0.4, 0.5) is 0 Å². The molecule has 66 heavy (non-hydrogen) atoms. The third-order valence-corrected chi connectivity index (χ3v) is 13.6. The molecule has 4 N–H and O–H groups in total. The average Bonchev–Trinajstić information content (AvgIpc) is 3.81. The molecule has 2 heterocycles. The zero-order chi connectivity index (χ0) is 49.5. The van der Waals surface area contributed by atoms with Gasteiger partial charge in [-0.15, -0.1) is 0 Å². The highest BCUT2D eigenvalue weighted by Crippen LogP contribution is 2.15. The van der Waals surface area contributed by atoms with Crippen molar-refractivity contribution in [2.24, 2.45) is 11.8 Å². The maximum absolute atomic E-state index is 11.7. The number of ether oxygens (including phenoxy) is 4. The molecule has 0 aromatic heterocycles. The van der Waals surface area contributed by atoms with Crippen LogP contribution < -0.4 is 21.3 Å². The molecule has 0 fully saturated rings. The van der Waals surface area contributed by atoms with E-state index in [4.69, 9.17) is 30.8 Å². The van der Waals surface area contributed by atoms with E-state index in [1.54, 1.807) is 6.92 Å². The van der Waals surface area contributed by atoms with E-state index in [-0.39, 0.29) is 138 Å². The van der Waals surface area contributed by atoms with Crippen LogP contribution >= 0.6 is 28.8 Å². The average molecular weight is 1070 g/mol. The summed E-state index contributed by atoms with van der Waals surface area (Å²) in [5.41, 5.74) is 0.0330. The van der Waals surface area contributed by atoms with Crippen LogP contribution in [-0.4, -0.2) is 160 Å². The van der Waals surface area contributed by atoms with Gasteiger partial charge in [0.25, 0.3) is 23.6 Å². The van der Waals surface area contributed by atoms with Crippen molar-refractivity contribution < 1.29 is 66.9 Å². The highest BCUT2D eigenvalue weighted by molar-refractivity contribution is 8.40. The van der Waals surface area contributed by atoms with E-state index in [1.165, 1.54) is 24.3 Å². The third-order valence-electron chi connectivity index (χ3n) is 8.62. The van der Waals surface area contributed by atoms with Gasteiger partial charge in [0.2, 0.25) is 23.6 Å². The number of carbonyl (C=O) groups excluding carboxylic acids is 10. The normalized spacial score (nSPS) is 13.8. The number of hydrogen-bond acceptors (Lipinski definition) is 18. The molecular weight excluding hydrogens is 1020 g/mol. The van der Waals surface area contributed by atoms with Crippen LogP contribution in [0.2, 0.25) is 0 Å². The van der Waals surface area contributed by atoms with E-state index in [0.29, 0.717) is 34.2 Å². The summed E-state index contributed by atoms with van der Waals surface area (Å²) in [6.07, 6.45) is 7.68. The summed E-state index contributed by atoms with van der Waals surface area (Å²) in [5, 5.41) is 10.7. The molecule has 2 rings (SSSR count). The van der Waals surface area contributed by atoms with Gasteiger partial charge in [-0.2, -0.15) is 0 Å². The molecule has 8 amide bonds. The monoisotopic (exact) mass is 1070 g/mol. The Kier molecular flexibility index (Phi) is 39.0. The van der Waals surface area contributed by atoms with Crippen molar-refractivity contribution in [3.05, 3.63) is 24.3 Å². The minimum absolute atomic E-state index is 0.0250. The lowest BCUT2D eigenvalue weighted by atomic mass is 10.1. The van der Waals surface area contributed by atoms with Crippen molar-refractivity contribution in [1.82, 2.24) is 31.1 Å². The minimum Gasteiger partial charge on any atom is -0.377 e. The SMILES string of the molecule is CC(CCCCNC(=O)COCCOCCNC(=O)CCN1C(=O)C=CC1=O)C(=O)P=S.CC(CCNC(=O)COCCOCCNC(=O)CCN1C(=O)C=CC1=O)C(=O)P=S.S=PP=S. The first-order valence-electron chi connectivity index (χ1n) is 20.5. The number of nitrogens with one attached hydrogen (secondary N) is 4. The van der Waals surface area contributed by atoms with Crippen LogP contribution in [0.3, 0.4) is 0 Å². The van der Waals surface area contributed by atoms with Gasteiger partial charge >= 0.3 is 0 Å². The Morgan fingerprint density at radius 2 is 0.864 bits per heavy atom. The first-order chi connectivity index (χ1) is 31.6. The predicted octanol–water partition coefficient (Wildman–Crippen LogP) is 1.55. The first-order valence-corrected chi connectivity index (χ1v) is 28.8. The first kappa shape index (κ1) is 62.9.